The Morgan fingerprint density at radius 3 is 1.68 bits per heavy atom. The van der Waals surface area contributed by atoms with Crippen LogP contribution in [0.5, 0.6) is 0 Å². The third-order valence-corrected chi connectivity index (χ3v) is 4.65. The van der Waals surface area contributed by atoms with Gasteiger partial charge >= 0.3 is 6.09 Å². The molecular weight excluding hydrogens is 332 g/mol. The monoisotopic (exact) mass is 353 g/mol. The Hall–Kier alpha value is -2.49. The van der Waals surface area contributed by atoms with Crippen LogP contribution in [0.2, 0.25) is 0 Å². The Labute approximate surface area is 144 Å². The van der Waals surface area contributed by atoms with E-state index in [-0.39, 0.29) is 62.6 Å². The molecule has 0 aliphatic carbocycles. The lowest BCUT2D eigenvalue weighted by atomic mass is 10.4. The zero-order valence-corrected chi connectivity index (χ0v) is 13.9. The molecule has 0 spiro atoms. The van der Waals surface area contributed by atoms with Gasteiger partial charge in [-0.2, -0.15) is 0 Å². The maximum atomic E-state index is 11.9. The van der Waals surface area contributed by atoms with E-state index in [1.807, 2.05) is 0 Å². The van der Waals surface area contributed by atoms with Crippen LogP contribution in [0, 0.1) is 0 Å². The van der Waals surface area contributed by atoms with Crippen LogP contribution in [0.15, 0.2) is 0 Å². The quantitative estimate of drug-likeness (QED) is 0.509. The summed E-state index contributed by atoms with van der Waals surface area (Å²) in [6.45, 7) is 1.73. The van der Waals surface area contributed by atoms with Crippen molar-refractivity contribution in [3.63, 3.8) is 0 Å². The number of nitrogens with zero attached hydrogens (tertiary/aromatic N) is 3. The summed E-state index contributed by atoms with van der Waals surface area (Å²) in [5.74, 6) is -0.992. The number of nitrogens with one attached hydrogen (secondary N) is 1. The molecule has 0 aromatic carbocycles. The van der Waals surface area contributed by atoms with Gasteiger partial charge in [0, 0.05) is 25.7 Å². The molecule has 3 saturated heterocycles. The minimum Gasteiger partial charge on any atom is -0.448 e. The largest absolute Gasteiger partial charge is 0.448 e. The minimum absolute atomic E-state index is 0.0810. The van der Waals surface area contributed by atoms with Gasteiger partial charge in [-0.05, 0) is 0 Å². The molecular formula is C15H21N4O6+. The highest BCUT2D eigenvalue weighted by molar-refractivity contribution is 6.02. The second-order valence-corrected chi connectivity index (χ2v) is 6.35. The standard InChI is InChI=1S/C15H20N4O6/c20-11-1-2-12(21)18(11)9-16(5-6-17-7-8-25-15(17)24)10-19-13(22)3-4-14(19)23/h1-10H2/p+1. The highest BCUT2D eigenvalue weighted by Gasteiger charge is 2.36. The van der Waals surface area contributed by atoms with Crippen LogP contribution in [0.25, 0.3) is 0 Å². The molecule has 3 rings (SSSR count). The number of quaternary nitrogens is 1. The van der Waals surface area contributed by atoms with E-state index < -0.39 is 6.09 Å². The smallest absolute Gasteiger partial charge is 0.410 e. The van der Waals surface area contributed by atoms with E-state index in [1.165, 1.54) is 14.7 Å². The molecule has 0 aromatic rings. The van der Waals surface area contributed by atoms with Gasteiger partial charge in [0.05, 0.1) is 19.6 Å². The molecule has 3 fully saturated rings. The fraction of sp³-hybridized carbons (Fsp3) is 0.667. The molecule has 10 nitrogen and oxygen atoms in total. The van der Waals surface area contributed by atoms with E-state index in [4.69, 9.17) is 4.74 Å². The summed E-state index contributed by atoms with van der Waals surface area (Å²) in [7, 11) is 0. The second-order valence-electron chi connectivity index (χ2n) is 6.35. The van der Waals surface area contributed by atoms with Crippen LogP contribution in [0.4, 0.5) is 4.79 Å². The normalized spacial score (nSPS) is 21.3. The van der Waals surface area contributed by atoms with E-state index in [0.717, 1.165) is 0 Å². The van der Waals surface area contributed by atoms with Crippen molar-refractivity contribution in [2.75, 3.05) is 39.6 Å². The molecule has 136 valence electrons. The molecule has 0 saturated carbocycles. The number of likely N-dealkylation sites (tertiary alicyclic amines) is 2. The molecule has 0 unspecified atom stereocenters. The summed E-state index contributed by atoms with van der Waals surface area (Å²) >= 11 is 0. The van der Waals surface area contributed by atoms with Crippen LogP contribution in [-0.4, -0.2) is 84.0 Å². The SMILES string of the molecule is O=C1OCCN1CC[NH+](CN1C(=O)CCC1=O)CN1C(=O)CCC1=O. The highest BCUT2D eigenvalue weighted by Crippen LogP contribution is 2.11. The van der Waals surface area contributed by atoms with Gasteiger partial charge in [-0.1, -0.05) is 0 Å². The number of imide groups is 2. The lowest BCUT2D eigenvalue weighted by Gasteiger charge is -2.28. The van der Waals surface area contributed by atoms with E-state index in [0.29, 0.717) is 31.1 Å². The Bertz CT molecular complexity index is 551. The van der Waals surface area contributed by atoms with Gasteiger partial charge in [0.25, 0.3) is 0 Å². The van der Waals surface area contributed by atoms with Crippen molar-refractivity contribution in [3.05, 3.63) is 0 Å². The van der Waals surface area contributed by atoms with Gasteiger partial charge in [0.1, 0.15) is 6.61 Å². The van der Waals surface area contributed by atoms with Crippen LogP contribution in [-0.2, 0) is 23.9 Å². The topological polar surface area (TPSA) is 109 Å². The lowest BCUT2D eigenvalue weighted by Crippen LogP contribution is -3.15. The maximum absolute atomic E-state index is 11.9. The average molecular weight is 353 g/mol. The Morgan fingerprint density at radius 1 is 0.800 bits per heavy atom. The molecule has 5 amide bonds. The summed E-state index contributed by atoms with van der Waals surface area (Å²) in [6.07, 6.45) is 0.345. The molecule has 25 heavy (non-hydrogen) atoms. The first-order valence-corrected chi connectivity index (χ1v) is 8.37. The predicted molar refractivity (Wildman–Crippen MR) is 80.7 cm³/mol. The number of rotatable bonds is 7. The molecule has 3 heterocycles. The highest BCUT2D eigenvalue weighted by atomic mass is 16.6. The summed E-state index contributed by atoms with van der Waals surface area (Å²) < 4.78 is 4.87. The van der Waals surface area contributed by atoms with Gasteiger partial charge in [-0.25, -0.2) is 14.6 Å². The second kappa shape index (κ2) is 7.18. The van der Waals surface area contributed by atoms with Crippen LogP contribution >= 0.6 is 0 Å². The fourth-order valence-electron chi connectivity index (χ4n) is 3.18. The number of carbonyl (C=O) groups excluding carboxylic acids is 5. The maximum Gasteiger partial charge on any atom is 0.410 e. The third kappa shape index (κ3) is 3.78. The van der Waals surface area contributed by atoms with Crippen LogP contribution in [0.1, 0.15) is 25.7 Å². The molecule has 0 atom stereocenters. The van der Waals surface area contributed by atoms with Gasteiger partial charge in [-0.3, -0.25) is 29.0 Å². The van der Waals surface area contributed by atoms with Crippen molar-refractivity contribution in [1.29, 1.82) is 0 Å². The summed E-state index contributed by atoms with van der Waals surface area (Å²) in [5.41, 5.74) is 0. The van der Waals surface area contributed by atoms with Gasteiger partial charge in [0.2, 0.25) is 23.6 Å². The number of ether oxygens (including phenoxy) is 1. The van der Waals surface area contributed by atoms with Crippen molar-refractivity contribution in [3.8, 4) is 0 Å². The van der Waals surface area contributed by atoms with Crippen molar-refractivity contribution < 1.29 is 33.6 Å². The van der Waals surface area contributed by atoms with Crippen LogP contribution in [0.3, 0.4) is 0 Å². The molecule has 3 aliphatic rings. The fourth-order valence-corrected chi connectivity index (χ4v) is 3.18. The minimum atomic E-state index is -0.402. The molecule has 0 radical (unpaired) electrons. The van der Waals surface area contributed by atoms with Crippen LogP contribution < -0.4 is 4.90 Å². The average Bonchev–Trinajstić information content (AvgIpc) is 3.23. The van der Waals surface area contributed by atoms with Crippen molar-refractivity contribution >= 4 is 29.7 Å². The van der Waals surface area contributed by atoms with Crippen molar-refractivity contribution in [2.24, 2.45) is 0 Å². The van der Waals surface area contributed by atoms with Gasteiger partial charge in [0.15, 0.2) is 13.3 Å². The van der Waals surface area contributed by atoms with Crippen molar-refractivity contribution in [2.45, 2.75) is 25.7 Å². The van der Waals surface area contributed by atoms with Crippen molar-refractivity contribution in [1.82, 2.24) is 14.7 Å². The third-order valence-electron chi connectivity index (χ3n) is 4.65. The molecule has 0 aromatic heterocycles. The lowest BCUT2D eigenvalue weighted by molar-refractivity contribution is -0.914. The molecule has 1 N–H and O–H groups in total. The summed E-state index contributed by atoms with van der Waals surface area (Å²) in [5, 5.41) is 0. The Morgan fingerprint density at radius 2 is 1.28 bits per heavy atom. The van der Waals surface area contributed by atoms with Gasteiger partial charge < -0.3 is 4.74 Å². The van der Waals surface area contributed by atoms with E-state index in [2.05, 4.69) is 0 Å². The van der Waals surface area contributed by atoms with E-state index in [1.54, 1.807) is 0 Å². The Balaban J connectivity index is 1.65. The first-order valence-electron chi connectivity index (χ1n) is 8.37. The first kappa shape index (κ1) is 17.3. The number of cyclic esters (lactones) is 1. The number of carbonyl (C=O) groups is 5. The number of hydrogen-bond donors (Lipinski definition) is 1. The van der Waals surface area contributed by atoms with E-state index >= 15 is 0 Å². The van der Waals surface area contributed by atoms with E-state index in [9.17, 15) is 24.0 Å². The molecule has 0 bridgehead atoms. The number of amides is 5. The molecule has 10 heteroatoms. The number of hydrogen-bond acceptors (Lipinski definition) is 6. The predicted octanol–water partition coefficient (Wildman–Crippen LogP) is -2.46. The first-order chi connectivity index (χ1) is 12.0. The zero-order valence-electron chi connectivity index (χ0n) is 13.9. The summed E-state index contributed by atoms with van der Waals surface area (Å²) in [6, 6.07) is 0. The van der Waals surface area contributed by atoms with Gasteiger partial charge in [-0.15, -0.1) is 0 Å². The zero-order chi connectivity index (χ0) is 18.0. The summed E-state index contributed by atoms with van der Waals surface area (Å²) in [4.78, 5) is 63.5. The molecule has 3 aliphatic heterocycles. The Kier molecular flexibility index (Phi) is 4.98.